The molecular weight excluding hydrogens is 375 g/mol. The highest BCUT2D eigenvalue weighted by Gasteiger charge is 2.07. The fraction of sp³-hybridized carbons (Fsp3) is 0.136. The van der Waals surface area contributed by atoms with Crippen LogP contribution >= 0.6 is 24.0 Å². The second kappa shape index (κ2) is 9.53. The van der Waals surface area contributed by atoms with Gasteiger partial charge in [0.15, 0.2) is 5.11 Å². The van der Waals surface area contributed by atoms with Gasteiger partial charge in [-0.1, -0.05) is 42.5 Å². The topological polar surface area (TPSA) is 24.1 Å². The highest BCUT2D eigenvalue weighted by molar-refractivity contribution is 7.98. The molecule has 0 saturated heterocycles. The van der Waals surface area contributed by atoms with E-state index in [0.29, 0.717) is 5.11 Å². The third-order valence-electron chi connectivity index (χ3n) is 4.08. The molecule has 0 heterocycles. The van der Waals surface area contributed by atoms with Crippen LogP contribution < -0.4 is 10.6 Å². The number of thioether (sulfide) groups is 1. The van der Waals surface area contributed by atoms with Crippen molar-refractivity contribution < 1.29 is 4.39 Å². The van der Waals surface area contributed by atoms with Gasteiger partial charge in [-0.2, -0.15) is 0 Å². The lowest BCUT2D eigenvalue weighted by molar-refractivity contribution is 0.624. The van der Waals surface area contributed by atoms with Crippen LogP contribution in [0.15, 0.2) is 83.8 Å². The number of halogens is 1. The summed E-state index contributed by atoms with van der Waals surface area (Å²) in [7, 11) is 0. The monoisotopic (exact) mass is 396 g/mol. The van der Waals surface area contributed by atoms with E-state index >= 15 is 0 Å². The number of nitrogens with one attached hydrogen (secondary N) is 2. The van der Waals surface area contributed by atoms with Crippen molar-refractivity contribution >= 4 is 34.8 Å². The number of anilines is 1. The Morgan fingerprint density at radius 2 is 1.63 bits per heavy atom. The minimum Gasteiger partial charge on any atom is -0.356 e. The van der Waals surface area contributed by atoms with Crippen LogP contribution in [0.25, 0.3) is 0 Å². The zero-order valence-electron chi connectivity index (χ0n) is 15.0. The minimum atomic E-state index is -0.239. The Morgan fingerprint density at radius 3 is 2.30 bits per heavy atom. The van der Waals surface area contributed by atoms with Gasteiger partial charge in [0.1, 0.15) is 5.82 Å². The summed E-state index contributed by atoms with van der Waals surface area (Å²) in [5.74, 6) is 0.686. The average Bonchev–Trinajstić information content (AvgIpc) is 2.68. The maximum atomic E-state index is 13.0. The molecule has 3 aromatic carbocycles. The maximum Gasteiger partial charge on any atom is 0.171 e. The summed E-state index contributed by atoms with van der Waals surface area (Å²) in [5, 5.41) is 6.95. The van der Waals surface area contributed by atoms with Crippen LogP contribution in [-0.2, 0) is 5.75 Å². The molecule has 2 nitrogen and oxygen atoms in total. The van der Waals surface area contributed by atoms with E-state index in [-0.39, 0.29) is 11.9 Å². The molecule has 0 aliphatic carbocycles. The summed E-state index contributed by atoms with van der Waals surface area (Å²) in [6.45, 7) is 1.99. The summed E-state index contributed by atoms with van der Waals surface area (Å²) in [6, 6.07) is 25.0. The van der Waals surface area contributed by atoms with Gasteiger partial charge >= 0.3 is 0 Å². The number of rotatable bonds is 6. The molecule has 1 atom stereocenters. The Kier molecular flexibility index (Phi) is 6.85. The van der Waals surface area contributed by atoms with Gasteiger partial charge in [0.25, 0.3) is 0 Å². The van der Waals surface area contributed by atoms with Gasteiger partial charge in [0.05, 0.1) is 6.04 Å². The minimum absolute atomic E-state index is 0.00727. The van der Waals surface area contributed by atoms with Crippen molar-refractivity contribution in [2.45, 2.75) is 23.6 Å². The molecule has 2 N–H and O–H groups in total. The number of hydrogen-bond acceptors (Lipinski definition) is 2. The standard InChI is InChI=1S/C22H21FN2S2/c1-16(18-9-11-19(23)12-10-18)24-22(26)25-20-13-7-17(8-14-20)15-27-21-5-3-2-4-6-21/h2-14,16H,15H2,1H3,(H2,24,25,26). The van der Waals surface area contributed by atoms with Crippen LogP contribution in [0, 0.1) is 5.82 Å². The second-order valence-electron chi connectivity index (χ2n) is 6.17. The molecular formula is C22H21FN2S2. The first kappa shape index (κ1) is 19.4. The maximum absolute atomic E-state index is 13.0. The quantitative estimate of drug-likeness (QED) is 0.385. The van der Waals surface area contributed by atoms with E-state index in [4.69, 9.17) is 12.2 Å². The summed E-state index contributed by atoms with van der Waals surface area (Å²) in [4.78, 5) is 1.26. The predicted molar refractivity (Wildman–Crippen MR) is 117 cm³/mol. The summed E-state index contributed by atoms with van der Waals surface area (Å²) in [6.07, 6.45) is 0. The Balaban J connectivity index is 1.50. The normalized spacial score (nSPS) is 11.6. The van der Waals surface area contributed by atoms with Crippen LogP contribution in [-0.4, -0.2) is 5.11 Å². The third-order valence-corrected chi connectivity index (χ3v) is 5.38. The lowest BCUT2D eigenvalue weighted by Gasteiger charge is -2.17. The molecule has 0 amide bonds. The smallest absolute Gasteiger partial charge is 0.171 e. The molecule has 0 fully saturated rings. The average molecular weight is 397 g/mol. The Labute approximate surface area is 169 Å². The first-order valence-corrected chi connectivity index (χ1v) is 10.1. The molecule has 3 aromatic rings. The van der Waals surface area contributed by atoms with Crippen LogP contribution in [0.1, 0.15) is 24.1 Å². The zero-order chi connectivity index (χ0) is 19.1. The Hall–Kier alpha value is -2.37. The zero-order valence-corrected chi connectivity index (χ0v) is 16.6. The first-order valence-electron chi connectivity index (χ1n) is 8.70. The predicted octanol–water partition coefficient (Wildman–Crippen LogP) is 6.17. The molecule has 0 saturated carbocycles. The van der Waals surface area contributed by atoms with Gasteiger partial charge in [-0.25, -0.2) is 4.39 Å². The lowest BCUT2D eigenvalue weighted by atomic mass is 10.1. The summed E-state index contributed by atoms with van der Waals surface area (Å²) < 4.78 is 13.0. The molecule has 5 heteroatoms. The van der Waals surface area contributed by atoms with E-state index in [1.807, 2.05) is 36.9 Å². The molecule has 0 spiro atoms. The largest absolute Gasteiger partial charge is 0.356 e. The van der Waals surface area contributed by atoms with E-state index < -0.39 is 0 Å². The van der Waals surface area contributed by atoms with Crippen molar-refractivity contribution in [3.8, 4) is 0 Å². The molecule has 27 heavy (non-hydrogen) atoms. The third kappa shape index (κ3) is 6.08. The van der Waals surface area contributed by atoms with Gasteiger partial charge in [0.2, 0.25) is 0 Å². The summed E-state index contributed by atoms with van der Waals surface area (Å²) in [5.41, 5.74) is 3.18. The molecule has 0 aromatic heterocycles. The van der Waals surface area contributed by atoms with Crippen LogP contribution in [0.3, 0.4) is 0 Å². The SMILES string of the molecule is CC(NC(=S)Nc1ccc(CSc2ccccc2)cc1)c1ccc(F)cc1. The lowest BCUT2D eigenvalue weighted by Crippen LogP contribution is -2.30. The van der Waals surface area contributed by atoms with Crippen molar-refractivity contribution in [2.24, 2.45) is 0 Å². The number of hydrogen-bond donors (Lipinski definition) is 2. The molecule has 138 valence electrons. The first-order chi connectivity index (χ1) is 13.1. The molecule has 0 aliphatic heterocycles. The van der Waals surface area contributed by atoms with Crippen LogP contribution in [0.2, 0.25) is 0 Å². The van der Waals surface area contributed by atoms with Crippen molar-refractivity contribution in [1.29, 1.82) is 0 Å². The molecule has 3 rings (SSSR count). The molecule has 0 aliphatic rings. The van der Waals surface area contributed by atoms with E-state index in [2.05, 4.69) is 47.0 Å². The van der Waals surface area contributed by atoms with Crippen molar-refractivity contribution in [3.05, 3.63) is 95.8 Å². The molecule has 0 bridgehead atoms. The van der Waals surface area contributed by atoms with Gasteiger partial charge in [-0.05, 0) is 66.7 Å². The highest BCUT2D eigenvalue weighted by Crippen LogP contribution is 2.23. The fourth-order valence-corrected chi connectivity index (χ4v) is 3.74. The molecule has 1 unspecified atom stereocenters. The van der Waals surface area contributed by atoms with E-state index in [0.717, 1.165) is 17.0 Å². The Bertz CT molecular complexity index is 865. The highest BCUT2D eigenvalue weighted by atomic mass is 32.2. The van der Waals surface area contributed by atoms with Crippen molar-refractivity contribution in [1.82, 2.24) is 5.32 Å². The fourth-order valence-electron chi connectivity index (χ4n) is 2.57. The Morgan fingerprint density at radius 1 is 0.963 bits per heavy atom. The van der Waals surface area contributed by atoms with Gasteiger partial charge in [0, 0.05) is 16.3 Å². The van der Waals surface area contributed by atoms with Gasteiger partial charge in [-0.15, -0.1) is 11.8 Å². The second-order valence-corrected chi connectivity index (χ2v) is 7.63. The number of benzene rings is 3. The molecule has 0 radical (unpaired) electrons. The van der Waals surface area contributed by atoms with E-state index in [1.165, 1.54) is 22.6 Å². The van der Waals surface area contributed by atoms with Gasteiger partial charge in [-0.3, -0.25) is 0 Å². The van der Waals surface area contributed by atoms with Crippen molar-refractivity contribution in [3.63, 3.8) is 0 Å². The number of thiocarbonyl (C=S) groups is 1. The van der Waals surface area contributed by atoms with Crippen LogP contribution in [0.4, 0.5) is 10.1 Å². The van der Waals surface area contributed by atoms with Gasteiger partial charge < -0.3 is 10.6 Å². The summed E-state index contributed by atoms with van der Waals surface area (Å²) >= 11 is 7.20. The van der Waals surface area contributed by atoms with E-state index in [1.54, 1.807) is 12.1 Å². The van der Waals surface area contributed by atoms with E-state index in [9.17, 15) is 4.39 Å². The van der Waals surface area contributed by atoms with Crippen molar-refractivity contribution in [2.75, 3.05) is 5.32 Å². The van der Waals surface area contributed by atoms with Crippen LogP contribution in [0.5, 0.6) is 0 Å².